The van der Waals surface area contributed by atoms with Crippen molar-refractivity contribution in [3.8, 4) is 0 Å². The van der Waals surface area contributed by atoms with Crippen LogP contribution >= 0.6 is 0 Å². The topological polar surface area (TPSA) is 58.4 Å². The van der Waals surface area contributed by atoms with Gasteiger partial charge in [0.05, 0.1) is 13.1 Å². The van der Waals surface area contributed by atoms with Crippen LogP contribution in [0.25, 0.3) is 0 Å². The maximum atomic E-state index is 11.6. The molecule has 2 rings (SSSR count). The highest BCUT2D eigenvalue weighted by molar-refractivity contribution is 6.01. The van der Waals surface area contributed by atoms with E-state index in [2.05, 4.69) is 17.4 Å². The molecular formula is C12H17N3O. The molecule has 0 aromatic heterocycles. The van der Waals surface area contributed by atoms with Gasteiger partial charge in [-0.15, -0.1) is 0 Å². The molecule has 1 aromatic rings. The molecule has 1 heterocycles. The van der Waals surface area contributed by atoms with E-state index < -0.39 is 0 Å². The van der Waals surface area contributed by atoms with Crippen molar-refractivity contribution < 1.29 is 4.79 Å². The van der Waals surface area contributed by atoms with Gasteiger partial charge in [0.15, 0.2) is 0 Å². The van der Waals surface area contributed by atoms with E-state index in [-0.39, 0.29) is 12.6 Å². The Morgan fingerprint density at radius 1 is 1.50 bits per heavy atom. The zero-order valence-electron chi connectivity index (χ0n) is 9.49. The average molecular weight is 219 g/mol. The summed E-state index contributed by atoms with van der Waals surface area (Å²) in [5.41, 5.74) is 8.89. The Bertz CT molecular complexity index is 403. The van der Waals surface area contributed by atoms with Crippen molar-refractivity contribution in [2.24, 2.45) is 5.73 Å². The number of carbonyl (C=O) groups is 1. The third-order valence-electron chi connectivity index (χ3n) is 2.92. The summed E-state index contributed by atoms with van der Waals surface area (Å²) in [5.74, 6) is 0.100. The molecular weight excluding hydrogens is 202 g/mol. The van der Waals surface area contributed by atoms with Crippen LogP contribution in [0.1, 0.15) is 11.1 Å². The lowest BCUT2D eigenvalue weighted by Crippen LogP contribution is -2.32. The van der Waals surface area contributed by atoms with Crippen molar-refractivity contribution in [1.29, 1.82) is 0 Å². The number of rotatable bonds is 4. The number of hydrogen-bond donors (Lipinski definition) is 2. The molecule has 0 bridgehead atoms. The summed E-state index contributed by atoms with van der Waals surface area (Å²) in [5, 5.41) is 3.12. The van der Waals surface area contributed by atoms with Crippen molar-refractivity contribution in [2.45, 2.75) is 12.8 Å². The van der Waals surface area contributed by atoms with Gasteiger partial charge in [-0.2, -0.15) is 0 Å². The SMILES string of the molecule is CNCCc1ccc2c(c1)CC(=O)N2CN. The van der Waals surface area contributed by atoms with E-state index in [1.165, 1.54) is 5.56 Å². The van der Waals surface area contributed by atoms with Gasteiger partial charge >= 0.3 is 0 Å². The predicted octanol–water partition coefficient (Wildman–Crippen LogP) is 0.254. The average Bonchev–Trinajstić information content (AvgIpc) is 2.60. The van der Waals surface area contributed by atoms with Crippen LogP contribution in [0, 0.1) is 0 Å². The molecule has 0 spiro atoms. The fourth-order valence-corrected chi connectivity index (χ4v) is 2.06. The minimum atomic E-state index is 0.100. The van der Waals surface area contributed by atoms with Crippen LogP contribution in [0.2, 0.25) is 0 Å². The molecule has 0 fully saturated rings. The smallest absolute Gasteiger partial charge is 0.232 e. The molecule has 1 aromatic carbocycles. The van der Waals surface area contributed by atoms with Gasteiger partial charge in [-0.25, -0.2) is 0 Å². The Kier molecular flexibility index (Phi) is 3.22. The number of amides is 1. The molecule has 4 heteroatoms. The fraction of sp³-hybridized carbons (Fsp3) is 0.417. The van der Waals surface area contributed by atoms with Crippen LogP contribution in [0.4, 0.5) is 5.69 Å². The van der Waals surface area contributed by atoms with E-state index in [0.29, 0.717) is 6.42 Å². The minimum Gasteiger partial charge on any atom is -0.319 e. The maximum Gasteiger partial charge on any atom is 0.232 e. The molecule has 0 unspecified atom stereocenters. The summed E-state index contributed by atoms with van der Waals surface area (Å²) in [6, 6.07) is 6.18. The number of carbonyl (C=O) groups excluding carboxylic acids is 1. The molecule has 0 saturated carbocycles. The number of anilines is 1. The molecule has 1 amide bonds. The van der Waals surface area contributed by atoms with Crippen molar-refractivity contribution in [2.75, 3.05) is 25.2 Å². The monoisotopic (exact) mass is 219 g/mol. The van der Waals surface area contributed by atoms with Gasteiger partial charge in [0, 0.05) is 5.69 Å². The van der Waals surface area contributed by atoms with Crippen LogP contribution in [-0.4, -0.2) is 26.2 Å². The Morgan fingerprint density at radius 3 is 3.00 bits per heavy atom. The molecule has 0 radical (unpaired) electrons. The fourth-order valence-electron chi connectivity index (χ4n) is 2.06. The molecule has 16 heavy (non-hydrogen) atoms. The summed E-state index contributed by atoms with van der Waals surface area (Å²) in [6.45, 7) is 1.22. The molecule has 1 aliphatic rings. The van der Waals surface area contributed by atoms with Crippen LogP contribution in [0.5, 0.6) is 0 Å². The lowest BCUT2D eigenvalue weighted by atomic mass is 10.1. The Balaban J connectivity index is 2.22. The zero-order valence-corrected chi connectivity index (χ0v) is 9.49. The number of likely N-dealkylation sites (N-methyl/N-ethyl adjacent to an activating group) is 1. The molecule has 3 N–H and O–H groups in total. The molecule has 0 saturated heterocycles. The van der Waals surface area contributed by atoms with E-state index >= 15 is 0 Å². The van der Waals surface area contributed by atoms with Gasteiger partial charge in [-0.05, 0) is 37.2 Å². The number of fused-ring (bicyclic) bond motifs is 1. The summed E-state index contributed by atoms with van der Waals surface area (Å²) >= 11 is 0. The van der Waals surface area contributed by atoms with Crippen molar-refractivity contribution in [3.05, 3.63) is 29.3 Å². The maximum absolute atomic E-state index is 11.6. The van der Waals surface area contributed by atoms with E-state index in [1.807, 2.05) is 13.1 Å². The number of benzene rings is 1. The number of nitrogens with zero attached hydrogens (tertiary/aromatic N) is 1. The highest BCUT2D eigenvalue weighted by Gasteiger charge is 2.25. The predicted molar refractivity (Wildman–Crippen MR) is 64.3 cm³/mol. The summed E-state index contributed by atoms with van der Waals surface area (Å²) in [6.07, 6.45) is 1.47. The van der Waals surface area contributed by atoms with E-state index in [9.17, 15) is 4.79 Å². The Hall–Kier alpha value is -1.39. The first kappa shape index (κ1) is 11.1. The van der Waals surface area contributed by atoms with Crippen LogP contribution in [0.3, 0.4) is 0 Å². The molecule has 86 valence electrons. The minimum absolute atomic E-state index is 0.100. The van der Waals surface area contributed by atoms with Gasteiger partial charge in [-0.3, -0.25) is 9.69 Å². The van der Waals surface area contributed by atoms with Gasteiger partial charge < -0.3 is 11.1 Å². The van der Waals surface area contributed by atoms with Crippen molar-refractivity contribution >= 4 is 11.6 Å². The van der Waals surface area contributed by atoms with Crippen molar-refractivity contribution in [3.63, 3.8) is 0 Å². The molecule has 4 nitrogen and oxygen atoms in total. The van der Waals surface area contributed by atoms with E-state index in [4.69, 9.17) is 5.73 Å². The van der Waals surface area contributed by atoms with Gasteiger partial charge in [0.25, 0.3) is 0 Å². The highest BCUT2D eigenvalue weighted by atomic mass is 16.2. The first-order valence-corrected chi connectivity index (χ1v) is 5.53. The lowest BCUT2D eigenvalue weighted by molar-refractivity contribution is -0.117. The van der Waals surface area contributed by atoms with Gasteiger partial charge in [0.1, 0.15) is 0 Å². The molecule has 1 aliphatic heterocycles. The molecule has 0 aliphatic carbocycles. The van der Waals surface area contributed by atoms with Gasteiger partial charge in [0.2, 0.25) is 5.91 Å². The molecule has 0 atom stereocenters. The summed E-state index contributed by atoms with van der Waals surface area (Å²) < 4.78 is 0. The summed E-state index contributed by atoms with van der Waals surface area (Å²) in [7, 11) is 1.94. The third-order valence-corrected chi connectivity index (χ3v) is 2.92. The van der Waals surface area contributed by atoms with Crippen LogP contribution < -0.4 is 16.0 Å². The second kappa shape index (κ2) is 4.63. The number of hydrogen-bond acceptors (Lipinski definition) is 3. The highest BCUT2D eigenvalue weighted by Crippen LogP contribution is 2.28. The normalized spacial score (nSPS) is 14.4. The largest absolute Gasteiger partial charge is 0.319 e. The van der Waals surface area contributed by atoms with Crippen molar-refractivity contribution in [1.82, 2.24) is 5.32 Å². The second-order valence-electron chi connectivity index (χ2n) is 4.00. The first-order chi connectivity index (χ1) is 7.76. The first-order valence-electron chi connectivity index (χ1n) is 5.53. The second-order valence-corrected chi connectivity index (χ2v) is 4.00. The summed E-state index contributed by atoms with van der Waals surface area (Å²) in [4.78, 5) is 13.3. The van der Waals surface area contributed by atoms with E-state index in [0.717, 1.165) is 24.2 Å². The Morgan fingerprint density at radius 2 is 2.31 bits per heavy atom. The lowest BCUT2D eigenvalue weighted by Gasteiger charge is -2.14. The third kappa shape index (κ3) is 1.94. The zero-order chi connectivity index (χ0) is 11.5. The van der Waals surface area contributed by atoms with Crippen LogP contribution in [0.15, 0.2) is 18.2 Å². The van der Waals surface area contributed by atoms with Gasteiger partial charge in [-0.1, -0.05) is 12.1 Å². The standard InChI is InChI=1S/C12H17N3O/c1-14-5-4-9-2-3-11-10(6-9)7-12(16)15(11)8-13/h2-3,6,14H,4-5,7-8,13H2,1H3. The number of nitrogens with two attached hydrogens (primary N) is 1. The quantitative estimate of drug-likeness (QED) is 0.763. The van der Waals surface area contributed by atoms with E-state index in [1.54, 1.807) is 4.90 Å². The van der Waals surface area contributed by atoms with Crippen LogP contribution in [-0.2, 0) is 17.6 Å². The number of nitrogens with one attached hydrogen (secondary N) is 1. The Labute approximate surface area is 95.4 Å².